The molecule has 2 aliphatic heterocycles. The van der Waals surface area contributed by atoms with Crippen LogP contribution in [0.25, 0.3) is 0 Å². The Morgan fingerprint density at radius 3 is 2.48 bits per heavy atom. The summed E-state index contributed by atoms with van der Waals surface area (Å²) in [5, 5.41) is 4.14. The minimum absolute atomic E-state index is 0.0646. The molecule has 3 atom stereocenters. The molecule has 27 heavy (non-hydrogen) atoms. The van der Waals surface area contributed by atoms with Crippen LogP contribution < -0.4 is 5.32 Å². The lowest BCUT2D eigenvalue weighted by molar-refractivity contribution is -0.0648. The van der Waals surface area contributed by atoms with Crippen molar-refractivity contribution in [2.24, 2.45) is 0 Å². The molecule has 0 aromatic heterocycles. The summed E-state index contributed by atoms with van der Waals surface area (Å²) >= 11 is 12.4. The van der Waals surface area contributed by atoms with E-state index in [0.29, 0.717) is 23.1 Å². The van der Waals surface area contributed by atoms with Gasteiger partial charge in [0.05, 0.1) is 19.2 Å². The average Bonchev–Trinajstić information content (AvgIpc) is 3.30. The molecule has 2 aliphatic rings. The third-order valence-corrected chi connectivity index (χ3v) is 5.40. The van der Waals surface area contributed by atoms with E-state index in [-0.39, 0.29) is 30.6 Å². The Kier molecular flexibility index (Phi) is 5.28. The van der Waals surface area contributed by atoms with Gasteiger partial charge in [-0.15, -0.1) is 0 Å². The Hall–Kier alpha value is -1.79. The van der Waals surface area contributed by atoms with Gasteiger partial charge in [0.1, 0.15) is 12.2 Å². The first kappa shape index (κ1) is 18.6. The molecule has 7 heteroatoms. The fourth-order valence-electron chi connectivity index (χ4n) is 3.09. The molecule has 0 spiro atoms. The van der Waals surface area contributed by atoms with E-state index < -0.39 is 0 Å². The van der Waals surface area contributed by atoms with Crippen LogP contribution in [0.4, 0.5) is 4.79 Å². The van der Waals surface area contributed by atoms with Gasteiger partial charge in [0.2, 0.25) is 0 Å². The van der Waals surface area contributed by atoms with Gasteiger partial charge in [-0.3, -0.25) is 0 Å². The average molecular weight is 407 g/mol. The van der Waals surface area contributed by atoms with Crippen molar-refractivity contribution in [1.29, 1.82) is 0 Å². The van der Waals surface area contributed by atoms with E-state index in [1.54, 1.807) is 4.90 Å². The number of hydrogen-bond acceptors (Lipinski definition) is 3. The first-order valence-corrected chi connectivity index (χ1v) is 9.63. The molecule has 4 rings (SSSR count). The molecule has 2 saturated heterocycles. The number of amides is 2. The van der Waals surface area contributed by atoms with Gasteiger partial charge in [0.25, 0.3) is 0 Å². The second-order valence-corrected chi connectivity index (χ2v) is 7.67. The molecule has 2 fully saturated rings. The van der Waals surface area contributed by atoms with Crippen LogP contribution in [-0.4, -0.2) is 42.5 Å². The third kappa shape index (κ3) is 4.22. The maximum atomic E-state index is 12.1. The predicted octanol–water partition coefficient (Wildman–Crippen LogP) is 4.24. The molecule has 3 unspecified atom stereocenters. The molecule has 5 nitrogen and oxygen atoms in total. The number of epoxide rings is 1. The van der Waals surface area contributed by atoms with E-state index in [2.05, 4.69) is 5.32 Å². The van der Waals surface area contributed by atoms with Crippen molar-refractivity contribution in [2.45, 2.75) is 31.5 Å². The molecule has 2 aromatic rings. The van der Waals surface area contributed by atoms with Crippen molar-refractivity contribution in [3.63, 3.8) is 0 Å². The smallest absolute Gasteiger partial charge is 0.319 e. The first-order valence-electron chi connectivity index (χ1n) is 8.87. The second-order valence-electron chi connectivity index (χ2n) is 6.83. The van der Waals surface area contributed by atoms with Crippen molar-refractivity contribution in [3.05, 3.63) is 69.7 Å². The van der Waals surface area contributed by atoms with Crippen LogP contribution in [0, 0.1) is 0 Å². The van der Waals surface area contributed by atoms with Gasteiger partial charge in [-0.05, 0) is 30.7 Å². The molecule has 0 aliphatic carbocycles. The molecule has 0 saturated carbocycles. The number of nitrogens with one attached hydrogen (secondary N) is 1. The fourth-order valence-corrected chi connectivity index (χ4v) is 3.45. The number of benzene rings is 2. The van der Waals surface area contributed by atoms with Gasteiger partial charge in [-0.1, -0.05) is 53.5 Å². The number of ether oxygens (including phenoxy) is 2. The summed E-state index contributed by atoms with van der Waals surface area (Å²) in [6, 6.07) is 15.0. The summed E-state index contributed by atoms with van der Waals surface area (Å²) in [7, 11) is 0. The molecule has 0 bridgehead atoms. The van der Waals surface area contributed by atoms with Gasteiger partial charge >= 0.3 is 6.03 Å². The Morgan fingerprint density at radius 2 is 1.85 bits per heavy atom. The number of nitrogens with zero attached hydrogens (tertiary/aromatic N) is 1. The molecule has 2 amide bonds. The zero-order valence-electron chi connectivity index (χ0n) is 14.8. The van der Waals surface area contributed by atoms with Crippen molar-refractivity contribution in [2.75, 3.05) is 13.1 Å². The number of carbonyl (C=O) groups is 1. The number of hydrogen-bond donors (Lipinski definition) is 1. The lowest BCUT2D eigenvalue weighted by atomic mass is 10.0. The maximum absolute atomic E-state index is 12.1. The number of urea groups is 1. The predicted molar refractivity (Wildman–Crippen MR) is 104 cm³/mol. The molecule has 2 aromatic carbocycles. The first-order chi connectivity index (χ1) is 13.0. The number of likely N-dealkylation sites (tertiary alicyclic amines) is 1. The largest absolute Gasteiger partial charge is 0.362 e. The molecular formula is C20H20Cl2N2O3. The summed E-state index contributed by atoms with van der Waals surface area (Å²) in [5.74, 6) is 0. The normalized spacial score (nSPS) is 22.9. The minimum atomic E-state index is -0.321. The zero-order chi connectivity index (χ0) is 19.0. The van der Waals surface area contributed by atoms with Crippen LogP contribution in [0.5, 0.6) is 0 Å². The molecule has 0 radical (unpaired) electrons. The summed E-state index contributed by atoms with van der Waals surface area (Å²) in [5.41, 5.74) is 1.86. The second kappa shape index (κ2) is 7.68. The Morgan fingerprint density at radius 1 is 1.19 bits per heavy atom. The highest BCUT2D eigenvalue weighted by molar-refractivity contribution is 6.31. The van der Waals surface area contributed by atoms with Gasteiger partial charge in [-0.25, -0.2) is 4.79 Å². The number of halogens is 2. The van der Waals surface area contributed by atoms with E-state index in [0.717, 1.165) is 11.1 Å². The number of carbonyl (C=O) groups excluding carboxylic acids is 1. The van der Waals surface area contributed by atoms with Crippen LogP contribution in [0.2, 0.25) is 10.0 Å². The van der Waals surface area contributed by atoms with Gasteiger partial charge < -0.3 is 19.7 Å². The van der Waals surface area contributed by atoms with E-state index in [9.17, 15) is 4.79 Å². The highest BCUT2D eigenvalue weighted by atomic mass is 35.5. The van der Waals surface area contributed by atoms with Crippen molar-refractivity contribution < 1.29 is 14.3 Å². The van der Waals surface area contributed by atoms with Crippen LogP contribution >= 0.6 is 23.2 Å². The van der Waals surface area contributed by atoms with Crippen LogP contribution in [0.15, 0.2) is 48.5 Å². The van der Waals surface area contributed by atoms with Crippen LogP contribution in [-0.2, 0) is 9.47 Å². The topological polar surface area (TPSA) is 54.1 Å². The quantitative estimate of drug-likeness (QED) is 0.755. The minimum Gasteiger partial charge on any atom is -0.362 e. The SMILES string of the molecule is CC1OC1NC(=O)N1CC(OC(c2ccc(Cl)cc2)c2ccccc2Cl)C1. The van der Waals surface area contributed by atoms with E-state index in [1.807, 2.05) is 55.5 Å². The lowest BCUT2D eigenvalue weighted by Gasteiger charge is -2.40. The molecule has 1 N–H and O–H groups in total. The molecule has 2 heterocycles. The Bertz CT molecular complexity index is 824. The Labute approximate surface area is 168 Å². The molecule has 142 valence electrons. The summed E-state index contributed by atoms with van der Waals surface area (Å²) in [6.07, 6.45) is -0.456. The standard InChI is InChI=1S/C20H20Cl2N2O3/c1-12-19(26-12)23-20(25)24-10-15(11-24)27-18(13-6-8-14(21)9-7-13)16-4-2-3-5-17(16)22/h2-9,12,15,18-19H,10-11H2,1H3,(H,23,25). The van der Waals surface area contributed by atoms with Crippen molar-refractivity contribution in [1.82, 2.24) is 10.2 Å². The van der Waals surface area contributed by atoms with Crippen molar-refractivity contribution in [3.8, 4) is 0 Å². The summed E-state index contributed by atoms with van der Waals surface area (Å²) < 4.78 is 11.5. The molecular weight excluding hydrogens is 387 g/mol. The summed E-state index contributed by atoms with van der Waals surface area (Å²) in [6.45, 7) is 2.98. The maximum Gasteiger partial charge on any atom is 0.319 e. The Balaban J connectivity index is 1.44. The summed E-state index contributed by atoms with van der Waals surface area (Å²) in [4.78, 5) is 13.8. The number of rotatable bonds is 5. The highest BCUT2D eigenvalue weighted by Crippen LogP contribution is 2.34. The zero-order valence-corrected chi connectivity index (χ0v) is 16.3. The van der Waals surface area contributed by atoms with Gasteiger partial charge in [0, 0.05) is 15.6 Å². The van der Waals surface area contributed by atoms with Gasteiger partial charge in [0.15, 0.2) is 6.23 Å². The monoisotopic (exact) mass is 406 g/mol. The van der Waals surface area contributed by atoms with E-state index in [1.165, 1.54) is 0 Å². The van der Waals surface area contributed by atoms with Gasteiger partial charge in [-0.2, -0.15) is 0 Å². The van der Waals surface area contributed by atoms with Crippen LogP contribution in [0.1, 0.15) is 24.2 Å². The highest BCUT2D eigenvalue weighted by Gasteiger charge is 2.40. The lowest BCUT2D eigenvalue weighted by Crippen LogP contribution is -2.58. The van der Waals surface area contributed by atoms with E-state index >= 15 is 0 Å². The fraction of sp³-hybridized carbons (Fsp3) is 0.350. The van der Waals surface area contributed by atoms with E-state index in [4.69, 9.17) is 32.7 Å². The van der Waals surface area contributed by atoms with Crippen LogP contribution in [0.3, 0.4) is 0 Å². The van der Waals surface area contributed by atoms with Crippen molar-refractivity contribution >= 4 is 29.2 Å². The third-order valence-electron chi connectivity index (χ3n) is 4.80.